The molecule has 1 aromatic heterocycles. The molecule has 0 spiro atoms. The molecule has 0 aliphatic heterocycles. The second-order valence-electron chi connectivity index (χ2n) is 6.32. The maximum Gasteiger partial charge on any atom is 0.226 e. The lowest BCUT2D eigenvalue weighted by atomic mass is 10.2. The summed E-state index contributed by atoms with van der Waals surface area (Å²) in [7, 11) is 0. The Kier molecular flexibility index (Phi) is 5.48. The van der Waals surface area contributed by atoms with Crippen LogP contribution in [0.25, 0.3) is 0 Å². The van der Waals surface area contributed by atoms with Gasteiger partial charge < -0.3 is 15.8 Å². The number of hydrogen-bond donors (Lipinski definition) is 2. The van der Waals surface area contributed by atoms with Gasteiger partial charge in [-0.05, 0) is 37.8 Å². The molecule has 0 radical (unpaired) electrons. The van der Waals surface area contributed by atoms with E-state index < -0.39 is 0 Å². The van der Waals surface area contributed by atoms with Crippen molar-refractivity contribution in [2.24, 2.45) is 11.7 Å². The largest absolute Gasteiger partial charge is 0.486 e. The van der Waals surface area contributed by atoms with Crippen LogP contribution in [0.1, 0.15) is 29.1 Å². The van der Waals surface area contributed by atoms with Gasteiger partial charge in [0.05, 0.1) is 12.1 Å². The van der Waals surface area contributed by atoms with Gasteiger partial charge in [0.2, 0.25) is 5.91 Å². The minimum Gasteiger partial charge on any atom is -0.486 e. The first-order valence-electron chi connectivity index (χ1n) is 8.25. The molecule has 3 rings (SSSR count). The molecule has 128 valence electrons. The molecule has 1 aromatic carbocycles. The summed E-state index contributed by atoms with van der Waals surface area (Å²) in [5.41, 5.74) is 7.96. The van der Waals surface area contributed by atoms with Crippen molar-refractivity contribution in [2.45, 2.75) is 38.8 Å². The van der Waals surface area contributed by atoms with Gasteiger partial charge in [-0.25, -0.2) is 4.98 Å². The quantitative estimate of drug-likeness (QED) is 0.770. The van der Waals surface area contributed by atoms with Crippen LogP contribution in [-0.2, 0) is 17.8 Å². The molecule has 1 aliphatic carbocycles. The van der Waals surface area contributed by atoms with Crippen LogP contribution >= 0.6 is 11.3 Å². The summed E-state index contributed by atoms with van der Waals surface area (Å²) >= 11 is 1.51. The first-order valence-corrected chi connectivity index (χ1v) is 9.13. The molecule has 1 atom stereocenters. The third-order valence-corrected chi connectivity index (χ3v) is 4.96. The predicted octanol–water partition coefficient (Wildman–Crippen LogP) is 2.43. The summed E-state index contributed by atoms with van der Waals surface area (Å²) in [6, 6.07) is 8.00. The van der Waals surface area contributed by atoms with Crippen LogP contribution in [0.15, 0.2) is 29.6 Å². The van der Waals surface area contributed by atoms with E-state index in [0.717, 1.165) is 16.5 Å². The molecule has 1 fully saturated rings. The van der Waals surface area contributed by atoms with Gasteiger partial charge in [0, 0.05) is 18.0 Å². The van der Waals surface area contributed by atoms with E-state index in [1.165, 1.54) is 29.7 Å². The van der Waals surface area contributed by atoms with Crippen LogP contribution < -0.4 is 15.8 Å². The number of thiazole rings is 1. The zero-order valence-corrected chi connectivity index (χ0v) is 14.6. The fourth-order valence-corrected chi connectivity index (χ4v) is 3.13. The average molecular weight is 345 g/mol. The number of nitrogens with zero attached hydrogens (tertiary/aromatic N) is 1. The molecular weight excluding hydrogens is 322 g/mol. The highest BCUT2D eigenvalue weighted by Gasteiger charge is 2.28. The smallest absolute Gasteiger partial charge is 0.226 e. The highest BCUT2D eigenvalue weighted by molar-refractivity contribution is 7.09. The van der Waals surface area contributed by atoms with E-state index in [1.807, 2.05) is 36.6 Å². The van der Waals surface area contributed by atoms with E-state index in [2.05, 4.69) is 10.3 Å². The summed E-state index contributed by atoms with van der Waals surface area (Å²) in [6.45, 7) is 3.01. The van der Waals surface area contributed by atoms with Crippen LogP contribution in [0.5, 0.6) is 5.75 Å². The summed E-state index contributed by atoms with van der Waals surface area (Å²) < 4.78 is 5.71. The van der Waals surface area contributed by atoms with Crippen LogP contribution in [0, 0.1) is 12.8 Å². The van der Waals surface area contributed by atoms with Gasteiger partial charge in [0.25, 0.3) is 0 Å². The number of carbonyl (C=O) groups excluding carboxylic acids is 1. The molecule has 1 unspecified atom stereocenters. The number of carbonyl (C=O) groups is 1. The standard InChI is InChI=1S/C18H23N3O2S/c1-12-2-6-15(7-3-12)23-10-18-21-14(11-24-18)8-17(22)20-9-16(19)13-4-5-13/h2-3,6-7,11,13,16H,4-5,8-10,19H2,1H3,(H,20,22). The minimum atomic E-state index is -0.0256. The Morgan fingerprint density at radius 2 is 2.17 bits per heavy atom. The highest BCUT2D eigenvalue weighted by Crippen LogP contribution is 2.31. The molecule has 1 saturated carbocycles. The molecule has 24 heavy (non-hydrogen) atoms. The molecule has 3 N–H and O–H groups in total. The third kappa shape index (κ3) is 5.04. The summed E-state index contributed by atoms with van der Waals surface area (Å²) in [5, 5.41) is 5.67. The Morgan fingerprint density at radius 3 is 2.88 bits per heavy atom. The second kappa shape index (κ2) is 7.77. The molecule has 6 heteroatoms. The molecule has 2 aromatic rings. The average Bonchev–Trinajstić information content (AvgIpc) is 3.33. The Balaban J connectivity index is 1.42. The topological polar surface area (TPSA) is 77.2 Å². The first-order chi connectivity index (χ1) is 11.6. The number of aromatic nitrogens is 1. The lowest BCUT2D eigenvalue weighted by Crippen LogP contribution is -2.39. The van der Waals surface area contributed by atoms with Gasteiger partial charge in [-0.1, -0.05) is 17.7 Å². The van der Waals surface area contributed by atoms with Crippen molar-refractivity contribution in [3.63, 3.8) is 0 Å². The van der Waals surface area contributed by atoms with Crippen molar-refractivity contribution in [1.29, 1.82) is 0 Å². The van der Waals surface area contributed by atoms with E-state index in [9.17, 15) is 4.79 Å². The van der Waals surface area contributed by atoms with Gasteiger partial charge in [-0.15, -0.1) is 11.3 Å². The molecule has 0 bridgehead atoms. The summed E-state index contributed by atoms with van der Waals surface area (Å²) in [6.07, 6.45) is 2.67. The fraction of sp³-hybridized carbons (Fsp3) is 0.444. The van der Waals surface area contributed by atoms with Crippen molar-refractivity contribution in [1.82, 2.24) is 10.3 Å². The number of ether oxygens (including phenoxy) is 1. The van der Waals surface area contributed by atoms with Crippen molar-refractivity contribution < 1.29 is 9.53 Å². The van der Waals surface area contributed by atoms with Crippen LogP contribution in [0.2, 0.25) is 0 Å². The molecule has 1 heterocycles. The Hall–Kier alpha value is -1.92. The minimum absolute atomic E-state index is 0.0256. The zero-order valence-electron chi connectivity index (χ0n) is 13.8. The van der Waals surface area contributed by atoms with Crippen LogP contribution in [0.3, 0.4) is 0 Å². The van der Waals surface area contributed by atoms with Gasteiger partial charge >= 0.3 is 0 Å². The van der Waals surface area contributed by atoms with Gasteiger partial charge in [0.1, 0.15) is 17.4 Å². The fourth-order valence-electron chi connectivity index (χ4n) is 2.43. The second-order valence-corrected chi connectivity index (χ2v) is 7.26. The normalized spacial score (nSPS) is 15.1. The highest BCUT2D eigenvalue weighted by atomic mass is 32.1. The number of aryl methyl sites for hydroxylation is 1. The maximum absolute atomic E-state index is 11.9. The van der Waals surface area contributed by atoms with Gasteiger partial charge in [0.15, 0.2) is 0 Å². The van der Waals surface area contributed by atoms with Gasteiger partial charge in [-0.2, -0.15) is 0 Å². The van der Waals surface area contributed by atoms with Crippen molar-refractivity contribution in [2.75, 3.05) is 6.54 Å². The third-order valence-electron chi connectivity index (χ3n) is 4.09. The Labute approximate surface area is 146 Å². The Morgan fingerprint density at radius 1 is 1.42 bits per heavy atom. The summed E-state index contributed by atoms with van der Waals surface area (Å²) in [5.74, 6) is 1.39. The van der Waals surface area contributed by atoms with Crippen molar-refractivity contribution in [3.05, 3.63) is 45.9 Å². The molecule has 0 saturated heterocycles. The number of amides is 1. The number of rotatable bonds is 8. The van der Waals surface area contributed by atoms with Crippen molar-refractivity contribution >= 4 is 17.2 Å². The SMILES string of the molecule is Cc1ccc(OCc2nc(CC(=O)NCC(N)C3CC3)cs2)cc1. The Bertz CT molecular complexity index is 680. The number of nitrogens with two attached hydrogens (primary N) is 1. The van der Waals surface area contributed by atoms with Crippen LogP contribution in [-0.4, -0.2) is 23.5 Å². The molecular formula is C18H23N3O2S. The van der Waals surface area contributed by atoms with E-state index in [1.54, 1.807) is 0 Å². The maximum atomic E-state index is 11.9. The van der Waals surface area contributed by atoms with E-state index in [-0.39, 0.29) is 11.9 Å². The lowest BCUT2D eigenvalue weighted by molar-refractivity contribution is -0.120. The molecule has 5 nitrogen and oxygen atoms in total. The molecule has 1 aliphatic rings. The van der Waals surface area contributed by atoms with E-state index in [0.29, 0.717) is 25.5 Å². The lowest BCUT2D eigenvalue weighted by Gasteiger charge is -2.10. The number of benzene rings is 1. The van der Waals surface area contributed by atoms with Gasteiger partial charge in [-0.3, -0.25) is 4.79 Å². The first kappa shape index (κ1) is 16.9. The zero-order chi connectivity index (χ0) is 16.9. The van der Waals surface area contributed by atoms with E-state index in [4.69, 9.17) is 10.5 Å². The van der Waals surface area contributed by atoms with Crippen molar-refractivity contribution in [3.8, 4) is 5.75 Å². The molecule has 1 amide bonds. The summed E-state index contributed by atoms with van der Waals surface area (Å²) in [4.78, 5) is 16.4. The monoisotopic (exact) mass is 345 g/mol. The predicted molar refractivity (Wildman–Crippen MR) is 95.0 cm³/mol. The van der Waals surface area contributed by atoms with E-state index >= 15 is 0 Å². The van der Waals surface area contributed by atoms with Crippen LogP contribution in [0.4, 0.5) is 0 Å². The number of nitrogens with one attached hydrogen (secondary N) is 1. The number of hydrogen-bond acceptors (Lipinski definition) is 5.